The van der Waals surface area contributed by atoms with Crippen molar-refractivity contribution < 1.29 is 13.9 Å². The SMILES string of the molecule is NC(=O)c1cccn2c(-c3nc4c(c(NCc5cccc(F)c5)n3)OCCCC4)ncc12. The zero-order valence-electron chi connectivity index (χ0n) is 17.2. The molecule has 162 valence electrons. The molecule has 0 spiro atoms. The lowest BCUT2D eigenvalue weighted by atomic mass is 10.2. The Labute approximate surface area is 183 Å². The van der Waals surface area contributed by atoms with E-state index >= 15 is 0 Å². The summed E-state index contributed by atoms with van der Waals surface area (Å²) < 4.78 is 21.3. The van der Waals surface area contributed by atoms with Gasteiger partial charge in [0.1, 0.15) is 5.82 Å². The highest BCUT2D eigenvalue weighted by Gasteiger charge is 2.22. The zero-order chi connectivity index (χ0) is 22.1. The van der Waals surface area contributed by atoms with Crippen LogP contribution in [0.2, 0.25) is 0 Å². The van der Waals surface area contributed by atoms with Crippen LogP contribution < -0.4 is 15.8 Å². The molecule has 4 heterocycles. The van der Waals surface area contributed by atoms with E-state index in [1.165, 1.54) is 12.1 Å². The monoisotopic (exact) mass is 432 g/mol. The minimum atomic E-state index is -0.532. The highest BCUT2D eigenvalue weighted by atomic mass is 19.1. The van der Waals surface area contributed by atoms with Crippen molar-refractivity contribution in [3.8, 4) is 17.4 Å². The number of ether oxygens (including phenoxy) is 1. The van der Waals surface area contributed by atoms with Crippen LogP contribution in [0, 0.1) is 5.82 Å². The second-order valence-electron chi connectivity index (χ2n) is 7.58. The fourth-order valence-electron chi connectivity index (χ4n) is 3.83. The van der Waals surface area contributed by atoms with E-state index < -0.39 is 5.91 Å². The Balaban J connectivity index is 1.58. The number of anilines is 1. The summed E-state index contributed by atoms with van der Waals surface area (Å²) in [4.78, 5) is 25.7. The molecule has 3 aromatic heterocycles. The second kappa shape index (κ2) is 8.26. The van der Waals surface area contributed by atoms with Crippen LogP contribution in [0.1, 0.15) is 34.5 Å². The fraction of sp³-hybridized carbons (Fsp3) is 0.217. The smallest absolute Gasteiger partial charge is 0.250 e. The molecule has 1 aromatic carbocycles. The topological polar surface area (TPSA) is 107 Å². The van der Waals surface area contributed by atoms with Gasteiger partial charge < -0.3 is 15.8 Å². The Bertz CT molecular complexity index is 1320. The first-order chi connectivity index (χ1) is 15.6. The normalized spacial score (nSPS) is 13.3. The number of nitrogens with two attached hydrogens (primary N) is 1. The number of nitrogens with one attached hydrogen (secondary N) is 1. The fourth-order valence-corrected chi connectivity index (χ4v) is 3.83. The largest absolute Gasteiger partial charge is 0.488 e. The summed E-state index contributed by atoms with van der Waals surface area (Å²) in [7, 11) is 0. The van der Waals surface area contributed by atoms with Crippen molar-refractivity contribution >= 4 is 17.2 Å². The molecule has 5 rings (SSSR count). The number of fused-ring (bicyclic) bond motifs is 2. The van der Waals surface area contributed by atoms with Crippen LogP contribution in [0.4, 0.5) is 10.2 Å². The van der Waals surface area contributed by atoms with E-state index in [9.17, 15) is 9.18 Å². The minimum Gasteiger partial charge on any atom is -0.488 e. The molecule has 0 unspecified atom stereocenters. The first-order valence-corrected chi connectivity index (χ1v) is 10.4. The number of hydrogen-bond donors (Lipinski definition) is 2. The highest BCUT2D eigenvalue weighted by Crippen LogP contribution is 2.33. The number of carbonyl (C=O) groups excluding carboxylic acids is 1. The van der Waals surface area contributed by atoms with Gasteiger partial charge in [-0.2, -0.15) is 0 Å². The Hall–Kier alpha value is -4.01. The van der Waals surface area contributed by atoms with Gasteiger partial charge in [0.25, 0.3) is 5.91 Å². The van der Waals surface area contributed by atoms with Gasteiger partial charge in [-0.15, -0.1) is 0 Å². The molecule has 0 atom stereocenters. The van der Waals surface area contributed by atoms with E-state index in [1.54, 1.807) is 35.0 Å². The number of halogens is 1. The summed E-state index contributed by atoms with van der Waals surface area (Å²) in [6, 6.07) is 9.77. The summed E-state index contributed by atoms with van der Waals surface area (Å²) >= 11 is 0. The van der Waals surface area contributed by atoms with Gasteiger partial charge in [0.15, 0.2) is 23.2 Å². The second-order valence-corrected chi connectivity index (χ2v) is 7.58. The maximum absolute atomic E-state index is 13.6. The molecule has 0 saturated heterocycles. The quantitative estimate of drug-likeness (QED) is 0.501. The van der Waals surface area contributed by atoms with Gasteiger partial charge >= 0.3 is 0 Å². The number of aryl methyl sites for hydroxylation is 1. The van der Waals surface area contributed by atoms with Crippen LogP contribution in [0.3, 0.4) is 0 Å². The molecular weight excluding hydrogens is 411 g/mol. The summed E-state index contributed by atoms with van der Waals surface area (Å²) in [5.74, 6) is 1.20. The van der Waals surface area contributed by atoms with E-state index in [0.717, 1.165) is 30.5 Å². The van der Waals surface area contributed by atoms with Gasteiger partial charge in [0, 0.05) is 12.7 Å². The molecule has 1 aliphatic rings. The summed E-state index contributed by atoms with van der Waals surface area (Å²) in [5, 5.41) is 3.27. The van der Waals surface area contributed by atoms with Crippen LogP contribution in [-0.2, 0) is 13.0 Å². The summed E-state index contributed by atoms with van der Waals surface area (Å²) in [6.45, 7) is 0.955. The average Bonchev–Trinajstić information content (AvgIpc) is 3.08. The molecule has 3 N–H and O–H groups in total. The van der Waals surface area contributed by atoms with Crippen molar-refractivity contribution in [1.82, 2.24) is 19.4 Å². The first-order valence-electron chi connectivity index (χ1n) is 10.4. The molecule has 0 fully saturated rings. The highest BCUT2D eigenvalue weighted by molar-refractivity contribution is 5.99. The Kier molecular flexibility index (Phi) is 5.14. The molecule has 0 aliphatic carbocycles. The number of hydrogen-bond acceptors (Lipinski definition) is 6. The molecule has 0 saturated carbocycles. The molecule has 0 bridgehead atoms. The van der Waals surface area contributed by atoms with Crippen LogP contribution in [-0.4, -0.2) is 31.9 Å². The van der Waals surface area contributed by atoms with Gasteiger partial charge in [-0.1, -0.05) is 12.1 Å². The average molecular weight is 432 g/mol. The molecule has 1 amide bonds. The lowest BCUT2D eigenvalue weighted by Crippen LogP contribution is -2.12. The summed E-state index contributed by atoms with van der Waals surface area (Å²) in [5.41, 5.74) is 8.02. The van der Waals surface area contributed by atoms with Crippen molar-refractivity contribution in [2.24, 2.45) is 5.73 Å². The number of rotatable bonds is 5. The lowest BCUT2D eigenvalue weighted by Gasteiger charge is -2.15. The van der Waals surface area contributed by atoms with Crippen LogP contribution in [0.5, 0.6) is 5.75 Å². The molecule has 1 aliphatic heterocycles. The van der Waals surface area contributed by atoms with E-state index in [0.29, 0.717) is 47.4 Å². The number of primary amides is 1. The third-order valence-electron chi connectivity index (χ3n) is 5.38. The van der Waals surface area contributed by atoms with Crippen molar-refractivity contribution in [2.45, 2.75) is 25.8 Å². The van der Waals surface area contributed by atoms with Crippen LogP contribution in [0.15, 0.2) is 48.8 Å². The molecule has 4 aromatic rings. The van der Waals surface area contributed by atoms with E-state index in [-0.39, 0.29) is 5.82 Å². The Morgan fingerprint density at radius 2 is 2.12 bits per heavy atom. The number of nitrogens with zero attached hydrogens (tertiary/aromatic N) is 4. The van der Waals surface area contributed by atoms with Crippen molar-refractivity contribution in [2.75, 3.05) is 11.9 Å². The van der Waals surface area contributed by atoms with Crippen molar-refractivity contribution in [3.05, 3.63) is 71.4 Å². The van der Waals surface area contributed by atoms with E-state index in [2.05, 4.69) is 10.3 Å². The third-order valence-corrected chi connectivity index (χ3v) is 5.38. The van der Waals surface area contributed by atoms with Crippen LogP contribution >= 0.6 is 0 Å². The maximum atomic E-state index is 13.6. The third kappa shape index (κ3) is 3.73. The lowest BCUT2D eigenvalue weighted by molar-refractivity contribution is 0.100. The molecular formula is C23H21FN6O2. The zero-order valence-corrected chi connectivity index (χ0v) is 17.2. The summed E-state index contributed by atoms with van der Waals surface area (Å²) in [6.07, 6.45) is 5.98. The van der Waals surface area contributed by atoms with Gasteiger partial charge in [-0.25, -0.2) is 19.3 Å². The molecule has 8 nitrogen and oxygen atoms in total. The first kappa shape index (κ1) is 19.9. The number of carbonyl (C=O) groups is 1. The van der Waals surface area contributed by atoms with E-state index in [4.69, 9.17) is 20.4 Å². The van der Waals surface area contributed by atoms with Crippen LogP contribution in [0.25, 0.3) is 17.2 Å². The van der Waals surface area contributed by atoms with Gasteiger partial charge in [0.05, 0.1) is 29.6 Å². The number of pyridine rings is 1. The number of benzene rings is 1. The molecule has 9 heteroatoms. The Morgan fingerprint density at radius 3 is 2.97 bits per heavy atom. The van der Waals surface area contributed by atoms with Gasteiger partial charge in [-0.05, 0) is 49.1 Å². The number of amides is 1. The molecule has 0 radical (unpaired) electrons. The molecule has 32 heavy (non-hydrogen) atoms. The van der Waals surface area contributed by atoms with Crippen molar-refractivity contribution in [1.29, 1.82) is 0 Å². The van der Waals surface area contributed by atoms with Crippen molar-refractivity contribution in [3.63, 3.8) is 0 Å². The standard InChI is InChI=1S/C23H21FN6O2/c24-15-6-3-5-14(11-15)12-26-21-19-17(8-1-2-10-32-19)28-22(29-21)23-27-13-18-16(20(25)31)7-4-9-30(18)23/h3-7,9,11,13H,1-2,8,10,12H2,(H2,25,31)(H,26,28,29). The minimum absolute atomic E-state index is 0.295. The predicted octanol–water partition coefficient (Wildman–Crippen LogP) is 3.36. The van der Waals surface area contributed by atoms with Gasteiger partial charge in [0.2, 0.25) is 0 Å². The van der Waals surface area contributed by atoms with Gasteiger partial charge in [-0.3, -0.25) is 9.20 Å². The predicted molar refractivity (Wildman–Crippen MR) is 117 cm³/mol. The number of aromatic nitrogens is 4. The van der Waals surface area contributed by atoms with E-state index in [1.807, 2.05) is 6.07 Å². The maximum Gasteiger partial charge on any atom is 0.250 e. The Morgan fingerprint density at radius 1 is 1.22 bits per heavy atom. The number of imidazole rings is 1.